The summed E-state index contributed by atoms with van der Waals surface area (Å²) in [6.45, 7) is 0. The van der Waals surface area contributed by atoms with E-state index in [0.29, 0.717) is 0 Å². The van der Waals surface area contributed by atoms with Crippen LogP contribution < -0.4 is 9.75 Å². The molecule has 0 fully saturated rings. The van der Waals surface area contributed by atoms with E-state index in [1.54, 1.807) is 0 Å². The highest BCUT2D eigenvalue weighted by Crippen LogP contribution is 2.16. The van der Waals surface area contributed by atoms with E-state index in [0.717, 1.165) is 6.42 Å². The van der Waals surface area contributed by atoms with Crippen LogP contribution in [0.3, 0.4) is 0 Å². The van der Waals surface area contributed by atoms with E-state index in [1.165, 1.54) is 20.2 Å². The summed E-state index contributed by atoms with van der Waals surface area (Å²) in [5.41, 5.74) is 4.46. The Kier molecular flexibility index (Phi) is 2.06. The van der Waals surface area contributed by atoms with Crippen LogP contribution in [0, 0.1) is 0 Å². The van der Waals surface area contributed by atoms with Gasteiger partial charge in [0.25, 0.3) is 0 Å². The van der Waals surface area contributed by atoms with Crippen molar-refractivity contribution in [2.24, 2.45) is 0 Å². The lowest BCUT2D eigenvalue weighted by Crippen LogP contribution is -2.19. The molecule has 1 heteroatoms. The van der Waals surface area contributed by atoms with Gasteiger partial charge >= 0.3 is 0 Å². The summed E-state index contributed by atoms with van der Waals surface area (Å²) in [5, 5.41) is 1.33. The lowest BCUT2D eigenvalue weighted by Gasteiger charge is -1.88. The predicted molar refractivity (Wildman–Crippen MR) is 67.8 cm³/mol. The van der Waals surface area contributed by atoms with Crippen LogP contribution >= 0.6 is 11.3 Å². The first-order chi connectivity index (χ1) is 7.45. The normalized spacial score (nSPS) is 16.0. The fraction of sp³-hybridized carbons (Fsp3) is 0.0714. The topological polar surface area (TPSA) is 0 Å². The molecule has 2 aliphatic carbocycles. The lowest BCUT2D eigenvalue weighted by molar-refractivity contribution is 1.44. The molecule has 2 aliphatic rings. The minimum atomic E-state index is 1.04. The highest BCUT2D eigenvalue weighted by Gasteiger charge is 2.05. The standard InChI is InChI=1S/C14H10S/c1-3-7-11-12-8-4-2-6-10-14(12)15-13(11)9-5-1/h3-10H,1H2. The van der Waals surface area contributed by atoms with E-state index in [-0.39, 0.29) is 0 Å². The van der Waals surface area contributed by atoms with E-state index in [4.69, 9.17) is 0 Å². The van der Waals surface area contributed by atoms with Gasteiger partial charge in [-0.05, 0) is 36.8 Å². The van der Waals surface area contributed by atoms with Crippen molar-refractivity contribution in [2.45, 2.75) is 6.42 Å². The largest absolute Gasteiger partial charge is 0.135 e. The molecule has 1 aromatic rings. The fourth-order valence-corrected chi connectivity index (χ4v) is 2.95. The minimum absolute atomic E-state index is 1.04. The maximum atomic E-state index is 3.11. The van der Waals surface area contributed by atoms with Gasteiger partial charge in [-0.15, -0.1) is 17.1 Å². The molecule has 0 saturated carbocycles. The van der Waals surface area contributed by atoms with Gasteiger partial charge in [-0.1, -0.05) is 18.2 Å². The summed E-state index contributed by atoms with van der Waals surface area (Å²) in [7, 11) is 0. The molecule has 0 aliphatic heterocycles. The van der Waals surface area contributed by atoms with Crippen LogP contribution in [0.5, 0.6) is 0 Å². The second-order valence-electron chi connectivity index (χ2n) is 3.53. The van der Waals surface area contributed by atoms with Gasteiger partial charge in [0, 0.05) is 20.2 Å². The number of rotatable bonds is 0. The second-order valence-corrected chi connectivity index (χ2v) is 4.62. The molecular formula is C14H10S. The second kappa shape index (κ2) is 3.54. The number of fused-ring (bicyclic) bond motifs is 3. The predicted octanol–water partition coefficient (Wildman–Crippen LogP) is 2.46. The SMILES string of the molecule is C1=CC=c2sc3c(c2=CC=1)C=CCC=C3. The molecule has 0 N–H and O–H groups in total. The summed E-state index contributed by atoms with van der Waals surface area (Å²) < 4.78 is 1.33. The summed E-state index contributed by atoms with van der Waals surface area (Å²) in [6.07, 6.45) is 18.2. The van der Waals surface area contributed by atoms with Crippen molar-refractivity contribution >= 4 is 35.6 Å². The van der Waals surface area contributed by atoms with E-state index in [9.17, 15) is 0 Å². The van der Waals surface area contributed by atoms with Crippen LogP contribution in [0.1, 0.15) is 16.9 Å². The Hall–Kier alpha value is -1.56. The van der Waals surface area contributed by atoms with Crippen molar-refractivity contribution in [3.63, 3.8) is 0 Å². The van der Waals surface area contributed by atoms with Crippen LogP contribution in [-0.4, -0.2) is 0 Å². The van der Waals surface area contributed by atoms with Crippen molar-refractivity contribution in [3.05, 3.63) is 50.2 Å². The van der Waals surface area contributed by atoms with Gasteiger partial charge in [0.2, 0.25) is 0 Å². The highest BCUT2D eigenvalue weighted by atomic mass is 32.1. The quantitative estimate of drug-likeness (QED) is 0.577. The van der Waals surface area contributed by atoms with E-state index in [1.807, 2.05) is 23.5 Å². The monoisotopic (exact) mass is 210 g/mol. The fourth-order valence-electron chi connectivity index (χ4n) is 1.84. The third-order valence-electron chi connectivity index (χ3n) is 2.54. The first-order valence-corrected chi connectivity index (χ1v) is 5.86. The molecule has 72 valence electrons. The summed E-state index contributed by atoms with van der Waals surface area (Å²) in [6, 6.07) is 0. The van der Waals surface area contributed by atoms with Crippen LogP contribution in [0.4, 0.5) is 0 Å². The molecule has 3 rings (SSSR count). The lowest BCUT2D eigenvalue weighted by atomic mass is 10.2. The van der Waals surface area contributed by atoms with Gasteiger partial charge in [-0.2, -0.15) is 0 Å². The molecule has 0 amide bonds. The van der Waals surface area contributed by atoms with Gasteiger partial charge in [0.05, 0.1) is 0 Å². The van der Waals surface area contributed by atoms with Crippen molar-refractivity contribution < 1.29 is 0 Å². The molecule has 15 heavy (non-hydrogen) atoms. The van der Waals surface area contributed by atoms with Crippen molar-refractivity contribution in [1.82, 2.24) is 0 Å². The molecule has 1 heterocycles. The van der Waals surface area contributed by atoms with Gasteiger partial charge in [0.15, 0.2) is 0 Å². The zero-order chi connectivity index (χ0) is 10.1. The summed E-state index contributed by atoms with van der Waals surface area (Å²) >= 11 is 1.85. The maximum absolute atomic E-state index is 3.11. The third-order valence-corrected chi connectivity index (χ3v) is 3.70. The molecule has 0 unspecified atom stereocenters. The molecule has 0 aromatic carbocycles. The van der Waals surface area contributed by atoms with E-state index >= 15 is 0 Å². The molecule has 0 nitrogen and oxygen atoms in total. The van der Waals surface area contributed by atoms with Crippen molar-refractivity contribution in [1.29, 1.82) is 0 Å². The average Bonchev–Trinajstić information content (AvgIpc) is 2.51. The number of hydrogen-bond acceptors (Lipinski definition) is 1. The molecule has 0 saturated heterocycles. The summed E-state index contributed by atoms with van der Waals surface area (Å²) in [4.78, 5) is 1.37. The van der Waals surface area contributed by atoms with Gasteiger partial charge in [-0.25, -0.2) is 0 Å². The van der Waals surface area contributed by atoms with Gasteiger partial charge < -0.3 is 0 Å². The maximum Gasteiger partial charge on any atom is 0.0361 e. The number of thiophene rings is 1. The average molecular weight is 210 g/mol. The Balaban J connectivity index is 2.42. The Morgan fingerprint density at radius 2 is 1.93 bits per heavy atom. The van der Waals surface area contributed by atoms with Crippen LogP contribution in [0.2, 0.25) is 0 Å². The minimum Gasteiger partial charge on any atom is -0.135 e. The zero-order valence-electron chi connectivity index (χ0n) is 8.23. The molecular weight excluding hydrogens is 200 g/mol. The van der Waals surface area contributed by atoms with Gasteiger partial charge in [-0.3, -0.25) is 0 Å². The van der Waals surface area contributed by atoms with Crippen molar-refractivity contribution in [3.8, 4) is 0 Å². The Bertz CT molecular complexity index is 630. The Morgan fingerprint density at radius 3 is 2.93 bits per heavy atom. The van der Waals surface area contributed by atoms with Crippen LogP contribution in [-0.2, 0) is 0 Å². The highest BCUT2D eigenvalue weighted by molar-refractivity contribution is 7.11. The van der Waals surface area contributed by atoms with E-state index in [2.05, 4.69) is 42.2 Å². The summed E-state index contributed by atoms with van der Waals surface area (Å²) in [5.74, 6) is 0. The molecule has 1 aromatic heterocycles. The van der Waals surface area contributed by atoms with Gasteiger partial charge in [0.1, 0.15) is 0 Å². The first kappa shape index (κ1) is 8.72. The number of allylic oxidation sites excluding steroid dienone is 3. The van der Waals surface area contributed by atoms with Crippen LogP contribution in [0.25, 0.3) is 24.3 Å². The Labute approximate surface area is 92.6 Å². The molecule has 0 bridgehead atoms. The smallest absolute Gasteiger partial charge is 0.0361 e. The third kappa shape index (κ3) is 1.46. The van der Waals surface area contributed by atoms with Crippen molar-refractivity contribution in [2.75, 3.05) is 0 Å². The van der Waals surface area contributed by atoms with E-state index < -0.39 is 0 Å². The first-order valence-electron chi connectivity index (χ1n) is 5.04. The van der Waals surface area contributed by atoms with Crippen LogP contribution in [0.15, 0.2) is 30.0 Å². The Morgan fingerprint density at radius 1 is 1.07 bits per heavy atom. The molecule has 0 atom stereocenters. The molecule has 0 spiro atoms. The zero-order valence-corrected chi connectivity index (χ0v) is 9.05. The molecule has 0 radical (unpaired) electrons. The number of hydrogen-bond donors (Lipinski definition) is 0.